The molecule has 14 heavy (non-hydrogen) atoms. The van der Waals surface area contributed by atoms with Crippen molar-refractivity contribution in [1.29, 1.82) is 0 Å². The quantitative estimate of drug-likeness (QED) is 0.481. The minimum atomic E-state index is 1.14. The fourth-order valence-corrected chi connectivity index (χ4v) is 1.59. The smallest absolute Gasteiger partial charge is 0.169 e. The van der Waals surface area contributed by atoms with E-state index in [1.54, 1.807) is 0 Å². The van der Waals surface area contributed by atoms with Crippen molar-refractivity contribution < 1.29 is 4.57 Å². The van der Waals surface area contributed by atoms with E-state index in [1.807, 2.05) is 0 Å². The predicted molar refractivity (Wildman–Crippen MR) is 60.2 cm³/mol. The Morgan fingerprint density at radius 3 is 2.29 bits per heavy atom. The summed E-state index contributed by atoms with van der Waals surface area (Å²) >= 11 is 0. The molecule has 0 N–H and O–H groups in total. The van der Waals surface area contributed by atoms with Gasteiger partial charge in [-0.15, -0.1) is 0 Å². The molecule has 0 spiro atoms. The van der Waals surface area contributed by atoms with Gasteiger partial charge in [-0.25, -0.2) is 4.57 Å². The van der Waals surface area contributed by atoms with E-state index in [2.05, 4.69) is 42.9 Å². The molecule has 0 aliphatic carbocycles. The lowest BCUT2D eigenvalue weighted by Crippen LogP contribution is -2.32. The third-order valence-electron chi connectivity index (χ3n) is 2.64. The first kappa shape index (κ1) is 11.2. The average Bonchev–Trinajstić information content (AvgIpc) is 2.25. The fourth-order valence-electron chi connectivity index (χ4n) is 1.59. The standard InChI is InChI=1S/C13H22N/c1-3-5-6-7-10-14-11-8-13(4-2)9-12-14/h8-9,11-12H,3-7,10H2,1-2H3/q+1. The second-order valence-corrected chi connectivity index (χ2v) is 3.86. The van der Waals surface area contributed by atoms with E-state index >= 15 is 0 Å². The molecule has 0 unspecified atom stereocenters. The molecule has 0 aliphatic rings. The van der Waals surface area contributed by atoms with Crippen LogP contribution in [0.2, 0.25) is 0 Å². The van der Waals surface area contributed by atoms with E-state index < -0.39 is 0 Å². The molecule has 0 radical (unpaired) electrons. The monoisotopic (exact) mass is 192 g/mol. The van der Waals surface area contributed by atoms with Crippen molar-refractivity contribution in [3.8, 4) is 0 Å². The Hall–Kier alpha value is -0.850. The van der Waals surface area contributed by atoms with Crippen LogP contribution in [0.25, 0.3) is 0 Å². The summed E-state index contributed by atoms with van der Waals surface area (Å²) in [5, 5.41) is 0. The number of aryl methyl sites for hydroxylation is 2. The van der Waals surface area contributed by atoms with Crippen LogP contribution in [0.3, 0.4) is 0 Å². The summed E-state index contributed by atoms with van der Waals surface area (Å²) in [5.74, 6) is 0. The second-order valence-electron chi connectivity index (χ2n) is 3.86. The molecule has 1 aromatic heterocycles. The van der Waals surface area contributed by atoms with Gasteiger partial charge >= 0.3 is 0 Å². The molecule has 1 rings (SSSR count). The lowest BCUT2D eigenvalue weighted by atomic mass is 10.2. The summed E-state index contributed by atoms with van der Waals surface area (Å²) in [6.45, 7) is 5.62. The molecule has 1 heteroatoms. The van der Waals surface area contributed by atoms with Gasteiger partial charge in [0.1, 0.15) is 6.54 Å². The molecule has 0 aromatic carbocycles. The van der Waals surface area contributed by atoms with Crippen molar-refractivity contribution in [2.45, 2.75) is 52.5 Å². The van der Waals surface area contributed by atoms with Gasteiger partial charge < -0.3 is 0 Å². The first-order valence-electron chi connectivity index (χ1n) is 5.84. The van der Waals surface area contributed by atoms with E-state index in [0.717, 1.165) is 6.42 Å². The van der Waals surface area contributed by atoms with Crippen LogP contribution in [-0.4, -0.2) is 0 Å². The number of rotatable bonds is 6. The van der Waals surface area contributed by atoms with E-state index in [-0.39, 0.29) is 0 Å². The molecule has 1 aromatic rings. The Labute approximate surface area is 87.8 Å². The van der Waals surface area contributed by atoms with Gasteiger partial charge in [-0.3, -0.25) is 0 Å². The van der Waals surface area contributed by atoms with Gasteiger partial charge in [-0.05, 0) is 18.4 Å². The van der Waals surface area contributed by atoms with Gasteiger partial charge in [0, 0.05) is 18.6 Å². The maximum Gasteiger partial charge on any atom is 0.169 e. The molecule has 1 nitrogen and oxygen atoms in total. The van der Waals surface area contributed by atoms with E-state index in [4.69, 9.17) is 0 Å². The van der Waals surface area contributed by atoms with Crippen LogP contribution in [0.1, 0.15) is 45.1 Å². The Morgan fingerprint density at radius 1 is 1.00 bits per heavy atom. The SMILES string of the molecule is CCCCCC[n+]1ccc(CC)cc1. The van der Waals surface area contributed by atoms with Crippen LogP contribution >= 0.6 is 0 Å². The van der Waals surface area contributed by atoms with E-state index in [1.165, 1.54) is 37.8 Å². The highest BCUT2D eigenvalue weighted by Gasteiger charge is 1.99. The van der Waals surface area contributed by atoms with Gasteiger partial charge in [0.05, 0.1) is 0 Å². The van der Waals surface area contributed by atoms with Crippen molar-refractivity contribution in [2.24, 2.45) is 0 Å². The fraction of sp³-hybridized carbons (Fsp3) is 0.615. The van der Waals surface area contributed by atoms with Crippen LogP contribution in [0.4, 0.5) is 0 Å². The average molecular weight is 192 g/mol. The summed E-state index contributed by atoms with van der Waals surface area (Å²) in [5.41, 5.74) is 1.43. The van der Waals surface area contributed by atoms with Crippen LogP contribution in [0.15, 0.2) is 24.5 Å². The molecule has 0 fully saturated rings. The maximum atomic E-state index is 2.29. The van der Waals surface area contributed by atoms with Gasteiger partial charge in [0.25, 0.3) is 0 Å². The lowest BCUT2D eigenvalue weighted by Gasteiger charge is -1.98. The van der Waals surface area contributed by atoms with Crippen molar-refractivity contribution >= 4 is 0 Å². The van der Waals surface area contributed by atoms with E-state index in [0.29, 0.717) is 0 Å². The summed E-state index contributed by atoms with van der Waals surface area (Å²) in [4.78, 5) is 0. The first-order chi connectivity index (χ1) is 6.86. The Bertz CT molecular complexity index is 238. The number of unbranched alkanes of at least 4 members (excludes halogenated alkanes) is 3. The maximum absolute atomic E-state index is 2.29. The molecule has 0 saturated heterocycles. The zero-order valence-electron chi connectivity index (χ0n) is 9.50. The van der Waals surface area contributed by atoms with Crippen molar-refractivity contribution in [3.63, 3.8) is 0 Å². The van der Waals surface area contributed by atoms with Crippen LogP contribution in [0, 0.1) is 0 Å². The van der Waals surface area contributed by atoms with Crippen molar-refractivity contribution in [1.82, 2.24) is 0 Å². The minimum Gasteiger partial charge on any atom is -0.205 e. The summed E-state index contributed by atoms with van der Waals surface area (Å²) in [6, 6.07) is 4.44. The van der Waals surface area contributed by atoms with Crippen LogP contribution in [-0.2, 0) is 13.0 Å². The number of nitrogens with zero attached hydrogens (tertiary/aromatic N) is 1. The molecular weight excluding hydrogens is 170 g/mol. The number of pyridine rings is 1. The first-order valence-corrected chi connectivity index (χ1v) is 5.84. The Kier molecular flexibility index (Phi) is 5.28. The zero-order chi connectivity index (χ0) is 10.2. The molecule has 0 bridgehead atoms. The molecule has 1 heterocycles. The molecule has 0 saturated carbocycles. The third kappa shape index (κ3) is 3.91. The number of hydrogen-bond acceptors (Lipinski definition) is 0. The van der Waals surface area contributed by atoms with Gasteiger partial charge in [0.15, 0.2) is 12.4 Å². The highest BCUT2D eigenvalue weighted by Crippen LogP contribution is 1.99. The summed E-state index contributed by atoms with van der Waals surface area (Å²) < 4.78 is 2.29. The van der Waals surface area contributed by atoms with Gasteiger partial charge in [0.2, 0.25) is 0 Å². The molecule has 0 aliphatic heterocycles. The third-order valence-corrected chi connectivity index (χ3v) is 2.64. The van der Waals surface area contributed by atoms with Crippen molar-refractivity contribution in [2.75, 3.05) is 0 Å². The molecule has 0 amide bonds. The van der Waals surface area contributed by atoms with Gasteiger partial charge in [-0.1, -0.05) is 26.7 Å². The highest BCUT2D eigenvalue weighted by atomic mass is 14.9. The van der Waals surface area contributed by atoms with Crippen LogP contribution < -0.4 is 4.57 Å². The number of aromatic nitrogens is 1. The lowest BCUT2D eigenvalue weighted by molar-refractivity contribution is -0.697. The van der Waals surface area contributed by atoms with Crippen LogP contribution in [0.5, 0.6) is 0 Å². The number of hydrogen-bond donors (Lipinski definition) is 0. The molecular formula is C13H22N+. The topological polar surface area (TPSA) is 3.88 Å². The second kappa shape index (κ2) is 6.58. The van der Waals surface area contributed by atoms with E-state index in [9.17, 15) is 0 Å². The Morgan fingerprint density at radius 2 is 1.71 bits per heavy atom. The zero-order valence-corrected chi connectivity index (χ0v) is 9.50. The largest absolute Gasteiger partial charge is 0.205 e. The summed E-state index contributed by atoms with van der Waals surface area (Å²) in [7, 11) is 0. The van der Waals surface area contributed by atoms with Gasteiger partial charge in [-0.2, -0.15) is 0 Å². The highest BCUT2D eigenvalue weighted by molar-refractivity contribution is 5.06. The predicted octanol–water partition coefficient (Wildman–Crippen LogP) is 3.12. The molecule has 78 valence electrons. The summed E-state index contributed by atoms with van der Waals surface area (Å²) in [6.07, 6.45) is 10.9. The minimum absolute atomic E-state index is 1.14. The van der Waals surface area contributed by atoms with Crippen molar-refractivity contribution in [3.05, 3.63) is 30.1 Å². The normalized spacial score (nSPS) is 10.4. The molecule has 0 atom stereocenters. The Balaban J connectivity index is 2.29.